The normalized spacial score (nSPS) is 25.3. The lowest BCUT2D eigenvalue weighted by atomic mass is 10.00. The molecule has 9 heteroatoms. The van der Waals surface area contributed by atoms with Gasteiger partial charge in [0.1, 0.15) is 11.9 Å². The van der Waals surface area contributed by atoms with Crippen molar-refractivity contribution >= 4 is 29.4 Å². The highest BCUT2D eigenvalue weighted by Gasteiger charge is 2.52. The Morgan fingerprint density at radius 3 is 2.65 bits per heavy atom. The molecule has 2 saturated heterocycles. The lowest BCUT2D eigenvalue weighted by molar-refractivity contribution is -0.123. The van der Waals surface area contributed by atoms with Gasteiger partial charge in [0.2, 0.25) is 11.8 Å². The van der Waals surface area contributed by atoms with Gasteiger partial charge in [0, 0.05) is 23.4 Å². The minimum Gasteiger partial charge on any atom is -0.351 e. The van der Waals surface area contributed by atoms with E-state index in [4.69, 9.17) is 0 Å². The Morgan fingerprint density at radius 1 is 1.21 bits per heavy atom. The first-order valence-electron chi connectivity index (χ1n) is 12.0. The highest BCUT2D eigenvalue weighted by molar-refractivity contribution is 8.01. The predicted molar refractivity (Wildman–Crippen MR) is 137 cm³/mol. The molecule has 2 aliphatic heterocycles. The van der Waals surface area contributed by atoms with Crippen LogP contribution in [0.25, 0.3) is 5.69 Å². The molecular formula is C25H36N6O2S. The number of likely N-dealkylation sites (N-methyl/N-ethyl adjacent to an activating group) is 1. The lowest BCUT2D eigenvalue weighted by Gasteiger charge is -2.33. The van der Waals surface area contributed by atoms with Gasteiger partial charge in [-0.3, -0.25) is 14.5 Å². The average Bonchev–Trinajstić information content (AvgIpc) is 3.21. The first kappa shape index (κ1) is 24.8. The summed E-state index contributed by atoms with van der Waals surface area (Å²) in [5, 5.41) is 14.2. The van der Waals surface area contributed by atoms with Gasteiger partial charge in [0.25, 0.3) is 0 Å². The van der Waals surface area contributed by atoms with Crippen LogP contribution >= 0.6 is 11.8 Å². The molecule has 2 unspecified atom stereocenters. The maximum Gasteiger partial charge on any atom is 0.244 e. The predicted octanol–water partition coefficient (Wildman–Crippen LogP) is 2.92. The van der Waals surface area contributed by atoms with Crippen molar-refractivity contribution in [1.29, 1.82) is 0 Å². The number of amides is 2. The summed E-state index contributed by atoms with van der Waals surface area (Å²) in [6.07, 6.45) is 2.95. The number of anilines is 1. The van der Waals surface area contributed by atoms with E-state index in [0.717, 1.165) is 30.6 Å². The maximum absolute atomic E-state index is 13.8. The molecule has 0 spiro atoms. The second-order valence-corrected chi connectivity index (χ2v) is 11.7. The fourth-order valence-electron chi connectivity index (χ4n) is 4.97. The minimum atomic E-state index is -0.318. The van der Waals surface area contributed by atoms with Crippen LogP contribution in [0.1, 0.15) is 45.7 Å². The molecule has 4 atom stereocenters. The molecule has 2 aliphatic rings. The van der Waals surface area contributed by atoms with Crippen LogP contribution in [0.5, 0.6) is 0 Å². The van der Waals surface area contributed by atoms with E-state index >= 15 is 0 Å². The Kier molecular flexibility index (Phi) is 7.35. The molecule has 0 bridgehead atoms. The SMILES string of the molecule is CN[C@@H](C)C(=O)NC1CCC[C@H]2SC(C)(C)C(C(=O)Nc3cc(C)nn3-c3ccccc3)N2C1. The molecule has 0 saturated carbocycles. The Hall–Kier alpha value is -2.36. The van der Waals surface area contributed by atoms with Crippen LogP contribution in [-0.4, -0.2) is 68.3 Å². The summed E-state index contributed by atoms with van der Waals surface area (Å²) in [6.45, 7) is 8.74. The smallest absolute Gasteiger partial charge is 0.244 e. The molecular weight excluding hydrogens is 448 g/mol. The Morgan fingerprint density at radius 2 is 1.94 bits per heavy atom. The zero-order valence-electron chi connectivity index (χ0n) is 20.7. The number of fused-ring (bicyclic) bond motifs is 1. The number of carbonyl (C=O) groups is 2. The van der Waals surface area contributed by atoms with Gasteiger partial charge in [-0.05, 0) is 66.1 Å². The second kappa shape index (κ2) is 10.1. The summed E-state index contributed by atoms with van der Waals surface area (Å²) in [5.74, 6) is 0.633. The number of thioether (sulfide) groups is 1. The van der Waals surface area contributed by atoms with E-state index in [1.54, 1.807) is 11.7 Å². The van der Waals surface area contributed by atoms with Gasteiger partial charge in [-0.1, -0.05) is 18.2 Å². The third-order valence-corrected chi connectivity index (χ3v) is 8.35. The Balaban J connectivity index is 1.55. The monoisotopic (exact) mass is 484 g/mol. The molecule has 3 N–H and O–H groups in total. The Bertz CT molecular complexity index is 1020. The molecule has 2 aromatic rings. The number of aromatic nitrogens is 2. The maximum atomic E-state index is 13.8. The van der Waals surface area contributed by atoms with E-state index in [9.17, 15) is 9.59 Å². The van der Waals surface area contributed by atoms with Crippen molar-refractivity contribution in [3.05, 3.63) is 42.1 Å². The number of aryl methyl sites for hydroxylation is 1. The van der Waals surface area contributed by atoms with E-state index in [2.05, 4.69) is 39.8 Å². The van der Waals surface area contributed by atoms with Crippen molar-refractivity contribution in [2.45, 2.75) is 75.2 Å². The molecule has 3 heterocycles. The van der Waals surface area contributed by atoms with Gasteiger partial charge in [0.05, 0.1) is 22.8 Å². The lowest BCUT2D eigenvalue weighted by Crippen LogP contribution is -2.55. The number of nitrogens with one attached hydrogen (secondary N) is 3. The van der Waals surface area contributed by atoms with Gasteiger partial charge in [-0.2, -0.15) is 5.10 Å². The van der Waals surface area contributed by atoms with Crippen LogP contribution in [0.4, 0.5) is 5.82 Å². The molecule has 0 aliphatic carbocycles. The summed E-state index contributed by atoms with van der Waals surface area (Å²) < 4.78 is 1.52. The highest BCUT2D eigenvalue weighted by atomic mass is 32.2. The Labute approximate surface area is 206 Å². The fraction of sp³-hybridized carbons (Fsp3) is 0.560. The third kappa shape index (κ3) is 5.16. The van der Waals surface area contributed by atoms with Crippen LogP contribution in [0, 0.1) is 6.92 Å². The molecule has 184 valence electrons. The third-order valence-electron chi connectivity index (χ3n) is 6.74. The topological polar surface area (TPSA) is 91.3 Å². The van der Waals surface area contributed by atoms with Crippen LogP contribution < -0.4 is 16.0 Å². The molecule has 1 aromatic carbocycles. The first-order chi connectivity index (χ1) is 16.2. The molecule has 2 amide bonds. The van der Waals surface area contributed by atoms with E-state index in [0.29, 0.717) is 12.4 Å². The van der Waals surface area contributed by atoms with Gasteiger partial charge in [-0.15, -0.1) is 11.8 Å². The molecule has 34 heavy (non-hydrogen) atoms. The average molecular weight is 485 g/mol. The number of hydrogen-bond donors (Lipinski definition) is 3. The van der Waals surface area contributed by atoms with E-state index in [1.807, 2.05) is 62.0 Å². The largest absolute Gasteiger partial charge is 0.351 e. The van der Waals surface area contributed by atoms with E-state index in [1.165, 1.54) is 0 Å². The van der Waals surface area contributed by atoms with Crippen LogP contribution in [0.3, 0.4) is 0 Å². The number of para-hydroxylation sites is 1. The quantitative estimate of drug-likeness (QED) is 0.584. The van der Waals surface area contributed by atoms with Gasteiger partial charge >= 0.3 is 0 Å². The van der Waals surface area contributed by atoms with Crippen LogP contribution in [0.15, 0.2) is 36.4 Å². The van der Waals surface area contributed by atoms with E-state index in [-0.39, 0.29) is 40.1 Å². The fourth-order valence-corrected chi connectivity index (χ4v) is 6.67. The van der Waals surface area contributed by atoms with Crippen molar-refractivity contribution in [2.24, 2.45) is 0 Å². The molecule has 0 radical (unpaired) electrons. The van der Waals surface area contributed by atoms with Crippen LogP contribution in [0.2, 0.25) is 0 Å². The van der Waals surface area contributed by atoms with E-state index < -0.39 is 0 Å². The summed E-state index contributed by atoms with van der Waals surface area (Å²) in [5.41, 5.74) is 1.74. The number of carbonyl (C=O) groups excluding carboxylic acids is 2. The summed E-state index contributed by atoms with van der Waals surface area (Å²) in [7, 11) is 1.79. The minimum absolute atomic E-state index is 0.000278. The molecule has 8 nitrogen and oxygen atoms in total. The van der Waals surface area contributed by atoms with Crippen molar-refractivity contribution in [3.63, 3.8) is 0 Å². The number of benzene rings is 1. The van der Waals surface area contributed by atoms with Crippen LogP contribution in [-0.2, 0) is 9.59 Å². The number of hydrogen-bond acceptors (Lipinski definition) is 6. The number of rotatable bonds is 6. The van der Waals surface area contributed by atoms with Crippen molar-refractivity contribution < 1.29 is 9.59 Å². The van der Waals surface area contributed by atoms with Crippen molar-refractivity contribution in [3.8, 4) is 5.69 Å². The van der Waals surface area contributed by atoms with Gasteiger partial charge < -0.3 is 16.0 Å². The summed E-state index contributed by atoms with van der Waals surface area (Å²) in [6, 6.07) is 11.2. The standard InChI is InChI=1S/C25H36N6O2S/c1-16-14-20(31(29-16)19-11-7-6-8-12-19)28-24(33)22-25(3,4)34-21-13-9-10-18(15-30(21)22)27-23(32)17(2)26-5/h6-8,11-12,14,17-18,21-22,26H,9-10,13,15H2,1-5H3,(H,27,32)(H,28,33)/t17-,18?,21+,22?/m0/s1. The number of nitrogens with zero attached hydrogens (tertiary/aromatic N) is 3. The summed E-state index contributed by atoms with van der Waals surface area (Å²) in [4.78, 5) is 28.6. The van der Waals surface area contributed by atoms with Crippen molar-refractivity contribution in [1.82, 2.24) is 25.3 Å². The highest BCUT2D eigenvalue weighted by Crippen LogP contribution is 2.47. The van der Waals surface area contributed by atoms with Gasteiger partial charge in [0.15, 0.2) is 0 Å². The zero-order chi connectivity index (χ0) is 24.5. The van der Waals surface area contributed by atoms with Crippen molar-refractivity contribution in [2.75, 3.05) is 18.9 Å². The second-order valence-electron chi connectivity index (χ2n) is 9.83. The first-order valence-corrected chi connectivity index (χ1v) is 12.9. The summed E-state index contributed by atoms with van der Waals surface area (Å²) >= 11 is 1.87. The zero-order valence-corrected chi connectivity index (χ0v) is 21.5. The molecule has 2 fully saturated rings. The molecule has 1 aromatic heterocycles. The van der Waals surface area contributed by atoms with Gasteiger partial charge in [-0.25, -0.2) is 4.68 Å². The molecule has 4 rings (SSSR count).